The molecule has 6 N–H and O–H groups in total. The third kappa shape index (κ3) is 7.92. The number of nitrogen functional groups attached to an aromatic ring is 1. The van der Waals surface area contributed by atoms with E-state index in [-0.39, 0.29) is 35.8 Å². The first-order valence-electron chi connectivity index (χ1n) is 15.3. The molecule has 0 spiro atoms. The van der Waals surface area contributed by atoms with Crippen molar-refractivity contribution in [2.45, 2.75) is 64.7 Å². The standard InChI is InChI=1S/C30H45N9O5/c1-4-6-16-44-29-35-26(32)25-27(36-29)39(30(42)34-25)23-19-38(15-14-37(23)13-12-31)22(7-5-2)28(41)33-18-21-10-8-20(9-11-21)17-24(40)43-3/h8-11,22-23H,4-7,12-19,31H2,1-3H3,(H,33,41)(H,34,42)(H2,32,35,36). The Morgan fingerprint density at radius 3 is 2.57 bits per heavy atom. The van der Waals surface area contributed by atoms with E-state index in [0.29, 0.717) is 63.5 Å². The molecule has 1 fully saturated rings. The molecule has 44 heavy (non-hydrogen) atoms. The second-order valence-electron chi connectivity index (χ2n) is 11.0. The third-order valence-electron chi connectivity index (χ3n) is 7.88. The van der Waals surface area contributed by atoms with Gasteiger partial charge in [-0.2, -0.15) is 9.97 Å². The summed E-state index contributed by atoms with van der Waals surface area (Å²) in [7, 11) is 1.36. The summed E-state index contributed by atoms with van der Waals surface area (Å²) in [5, 5.41) is 3.08. The van der Waals surface area contributed by atoms with Crippen LogP contribution in [0.5, 0.6) is 6.01 Å². The van der Waals surface area contributed by atoms with Gasteiger partial charge < -0.3 is 31.2 Å². The van der Waals surface area contributed by atoms with E-state index >= 15 is 0 Å². The second kappa shape index (κ2) is 15.6. The van der Waals surface area contributed by atoms with E-state index in [2.05, 4.69) is 37.0 Å². The van der Waals surface area contributed by atoms with Crippen molar-refractivity contribution in [3.05, 3.63) is 45.9 Å². The number of rotatable bonds is 15. The molecule has 0 saturated carbocycles. The van der Waals surface area contributed by atoms with Crippen LogP contribution >= 0.6 is 0 Å². The Morgan fingerprint density at radius 2 is 1.89 bits per heavy atom. The lowest BCUT2D eigenvalue weighted by Gasteiger charge is -2.44. The van der Waals surface area contributed by atoms with Crippen LogP contribution in [0.15, 0.2) is 29.1 Å². The van der Waals surface area contributed by atoms with E-state index in [1.807, 2.05) is 31.2 Å². The molecule has 2 atom stereocenters. The zero-order chi connectivity index (χ0) is 31.6. The van der Waals surface area contributed by atoms with Crippen LogP contribution in [0.3, 0.4) is 0 Å². The molecule has 240 valence electrons. The normalized spacial score (nSPS) is 16.6. The molecule has 1 amide bonds. The number of methoxy groups -OCH3 is 1. The molecule has 0 bridgehead atoms. The second-order valence-corrected chi connectivity index (χ2v) is 11.0. The Kier molecular flexibility index (Phi) is 11.7. The number of H-pyrrole nitrogens is 1. The summed E-state index contributed by atoms with van der Waals surface area (Å²) in [6.45, 7) is 7.53. The number of amides is 1. The predicted molar refractivity (Wildman–Crippen MR) is 167 cm³/mol. The van der Waals surface area contributed by atoms with Crippen LogP contribution in [0.1, 0.15) is 56.8 Å². The maximum absolute atomic E-state index is 13.6. The Morgan fingerprint density at radius 1 is 1.14 bits per heavy atom. The molecule has 14 nitrogen and oxygen atoms in total. The maximum Gasteiger partial charge on any atom is 0.329 e. The van der Waals surface area contributed by atoms with E-state index < -0.39 is 12.2 Å². The maximum atomic E-state index is 13.6. The van der Waals surface area contributed by atoms with Crippen LogP contribution in [0.4, 0.5) is 5.82 Å². The fourth-order valence-electron chi connectivity index (χ4n) is 5.50. The van der Waals surface area contributed by atoms with Crippen molar-refractivity contribution in [3.63, 3.8) is 0 Å². The number of hydrogen-bond acceptors (Lipinski definition) is 11. The summed E-state index contributed by atoms with van der Waals surface area (Å²) in [6, 6.07) is 7.24. The van der Waals surface area contributed by atoms with Gasteiger partial charge in [0.25, 0.3) is 0 Å². The summed E-state index contributed by atoms with van der Waals surface area (Å²) in [5.74, 6) is -0.247. The number of nitrogens with zero attached hydrogens (tertiary/aromatic N) is 5. The van der Waals surface area contributed by atoms with Crippen LogP contribution < -0.4 is 27.2 Å². The minimum absolute atomic E-state index is 0.0824. The minimum Gasteiger partial charge on any atom is -0.469 e. The number of hydrogen-bond donors (Lipinski definition) is 4. The number of carbonyl (C=O) groups excluding carboxylic acids is 2. The average Bonchev–Trinajstić information content (AvgIpc) is 3.36. The number of imidazole rings is 1. The van der Waals surface area contributed by atoms with Crippen LogP contribution in [0.2, 0.25) is 0 Å². The highest BCUT2D eigenvalue weighted by atomic mass is 16.5. The highest BCUT2D eigenvalue weighted by Gasteiger charge is 2.36. The molecule has 1 aliphatic heterocycles. The minimum atomic E-state index is -0.444. The van der Waals surface area contributed by atoms with E-state index in [9.17, 15) is 14.4 Å². The largest absolute Gasteiger partial charge is 0.469 e. The number of anilines is 1. The number of fused-ring (bicyclic) bond motifs is 1. The van der Waals surface area contributed by atoms with Gasteiger partial charge in [0.1, 0.15) is 11.7 Å². The molecule has 4 rings (SSSR count). The van der Waals surface area contributed by atoms with Crippen molar-refractivity contribution in [2.75, 3.05) is 52.2 Å². The molecule has 0 aliphatic carbocycles. The monoisotopic (exact) mass is 611 g/mol. The quantitative estimate of drug-likeness (QED) is 0.143. The highest BCUT2D eigenvalue weighted by molar-refractivity contribution is 5.82. The summed E-state index contributed by atoms with van der Waals surface area (Å²) in [6.07, 6.45) is 3.01. The molecule has 1 aromatic carbocycles. The van der Waals surface area contributed by atoms with Gasteiger partial charge in [-0.15, -0.1) is 0 Å². The van der Waals surface area contributed by atoms with Crippen LogP contribution in [-0.2, 0) is 27.3 Å². The molecule has 2 unspecified atom stereocenters. The molecular weight excluding hydrogens is 566 g/mol. The van der Waals surface area contributed by atoms with Gasteiger partial charge in [0.05, 0.1) is 26.2 Å². The molecule has 3 heterocycles. The summed E-state index contributed by atoms with van der Waals surface area (Å²) < 4.78 is 12.0. The lowest BCUT2D eigenvalue weighted by molar-refractivity contribution is -0.139. The van der Waals surface area contributed by atoms with Crippen molar-refractivity contribution in [3.8, 4) is 6.01 Å². The van der Waals surface area contributed by atoms with E-state index in [1.54, 1.807) is 4.57 Å². The zero-order valence-corrected chi connectivity index (χ0v) is 25.9. The Balaban J connectivity index is 1.54. The number of benzene rings is 1. The molecule has 0 radical (unpaired) electrons. The van der Waals surface area contributed by atoms with E-state index in [0.717, 1.165) is 30.4 Å². The first kappa shape index (κ1) is 32.9. The smallest absolute Gasteiger partial charge is 0.329 e. The lowest BCUT2D eigenvalue weighted by atomic mass is 10.1. The van der Waals surface area contributed by atoms with Crippen molar-refractivity contribution in [1.29, 1.82) is 0 Å². The van der Waals surface area contributed by atoms with Gasteiger partial charge in [-0.25, -0.2) is 4.79 Å². The number of carbonyl (C=O) groups is 2. The summed E-state index contributed by atoms with van der Waals surface area (Å²) >= 11 is 0. The van der Waals surface area contributed by atoms with Gasteiger partial charge >= 0.3 is 17.7 Å². The average molecular weight is 612 g/mol. The van der Waals surface area contributed by atoms with Gasteiger partial charge in [-0.05, 0) is 24.0 Å². The van der Waals surface area contributed by atoms with Crippen molar-refractivity contribution in [2.24, 2.45) is 5.73 Å². The zero-order valence-electron chi connectivity index (χ0n) is 25.9. The van der Waals surface area contributed by atoms with Crippen molar-refractivity contribution < 1.29 is 19.1 Å². The fourth-order valence-corrected chi connectivity index (χ4v) is 5.50. The lowest BCUT2D eigenvalue weighted by Crippen LogP contribution is -2.58. The van der Waals surface area contributed by atoms with Crippen LogP contribution in [0, 0.1) is 0 Å². The summed E-state index contributed by atoms with van der Waals surface area (Å²) in [5.41, 5.74) is 14.3. The Labute approximate surface area is 257 Å². The fraction of sp³-hybridized carbons (Fsp3) is 0.567. The van der Waals surface area contributed by atoms with Gasteiger partial charge in [-0.1, -0.05) is 51.0 Å². The first-order valence-corrected chi connectivity index (χ1v) is 15.3. The van der Waals surface area contributed by atoms with E-state index in [1.165, 1.54) is 7.11 Å². The van der Waals surface area contributed by atoms with Crippen molar-refractivity contribution >= 4 is 28.9 Å². The number of nitrogens with two attached hydrogens (primary N) is 2. The molecule has 1 saturated heterocycles. The van der Waals surface area contributed by atoms with Crippen LogP contribution in [0.25, 0.3) is 11.2 Å². The molecule has 2 aromatic heterocycles. The number of nitrogens with one attached hydrogen (secondary N) is 2. The highest BCUT2D eigenvalue weighted by Crippen LogP contribution is 2.26. The number of aromatic nitrogens is 4. The number of esters is 1. The van der Waals surface area contributed by atoms with Crippen molar-refractivity contribution in [1.82, 2.24) is 34.6 Å². The van der Waals surface area contributed by atoms with Crippen LogP contribution in [-0.4, -0.2) is 93.7 Å². The molecule has 3 aromatic rings. The first-order chi connectivity index (χ1) is 21.3. The van der Waals surface area contributed by atoms with Gasteiger partial charge in [0.2, 0.25) is 5.91 Å². The number of piperazine rings is 1. The Hall–Kier alpha value is -4.01. The third-order valence-corrected chi connectivity index (χ3v) is 7.88. The van der Waals surface area contributed by atoms with E-state index in [4.69, 9.17) is 20.9 Å². The topological polar surface area (TPSA) is 187 Å². The SMILES string of the molecule is CCCCOc1nc(N)c2[nH]c(=O)n(C3CN(C(CCC)C(=O)NCc4ccc(CC(=O)OC)cc4)CCN3CCN)c2n1. The van der Waals surface area contributed by atoms with Gasteiger partial charge in [0, 0.05) is 39.3 Å². The number of unbranched alkanes of at least 4 members (excludes halogenated alkanes) is 1. The Bertz CT molecular complexity index is 1460. The van der Waals surface area contributed by atoms with Gasteiger partial charge in [-0.3, -0.25) is 24.0 Å². The molecule has 1 aliphatic rings. The number of aromatic amines is 1. The number of ether oxygens (including phenoxy) is 2. The molecular formula is C30H45N9O5. The van der Waals surface area contributed by atoms with Gasteiger partial charge in [0.15, 0.2) is 11.5 Å². The predicted octanol–water partition coefficient (Wildman–Crippen LogP) is 1.16. The summed E-state index contributed by atoms with van der Waals surface area (Å²) in [4.78, 5) is 54.4. The molecule has 14 heteroatoms.